The van der Waals surface area contributed by atoms with Crippen molar-refractivity contribution in [2.45, 2.75) is 20.3 Å². The number of rotatable bonds is 4. The molecular weight excluding hydrogens is 368 g/mol. The lowest BCUT2D eigenvalue weighted by Crippen LogP contribution is -2.48. The third-order valence-electron chi connectivity index (χ3n) is 5.08. The molecule has 1 aliphatic heterocycles. The molecule has 2 heterocycles. The first-order chi connectivity index (χ1) is 13.6. The Hall–Kier alpha value is -2.73. The number of piperazine rings is 1. The van der Waals surface area contributed by atoms with E-state index in [4.69, 9.17) is 4.98 Å². The molecule has 2 aromatic carbocycles. The highest BCUT2D eigenvalue weighted by molar-refractivity contribution is 7.09. The maximum atomic E-state index is 12.7. The maximum Gasteiger partial charge on any atom is 0.253 e. The molecule has 0 N–H and O–H groups in total. The number of carbonyl (C=O) groups is 1. The Bertz CT molecular complexity index is 941. The molecule has 0 radical (unpaired) electrons. The number of aryl methyl sites for hydroxylation is 2. The van der Waals surface area contributed by atoms with Gasteiger partial charge in [0.15, 0.2) is 0 Å². The van der Waals surface area contributed by atoms with Gasteiger partial charge in [-0.05, 0) is 31.5 Å². The van der Waals surface area contributed by atoms with Gasteiger partial charge in [-0.1, -0.05) is 47.5 Å². The zero-order valence-electron chi connectivity index (χ0n) is 16.3. The van der Waals surface area contributed by atoms with E-state index in [9.17, 15) is 4.79 Å². The summed E-state index contributed by atoms with van der Waals surface area (Å²) >= 11 is 1.45. The fraction of sp³-hybridized carbons (Fsp3) is 0.318. The van der Waals surface area contributed by atoms with Gasteiger partial charge in [-0.2, -0.15) is 4.37 Å². The van der Waals surface area contributed by atoms with Crippen LogP contribution in [-0.2, 0) is 6.42 Å². The lowest BCUT2D eigenvalue weighted by molar-refractivity contribution is 0.0747. The quantitative estimate of drug-likeness (QED) is 0.679. The van der Waals surface area contributed by atoms with Gasteiger partial charge in [0.2, 0.25) is 5.13 Å². The molecule has 1 fully saturated rings. The van der Waals surface area contributed by atoms with E-state index in [1.807, 2.05) is 36.1 Å². The molecule has 1 aliphatic rings. The van der Waals surface area contributed by atoms with Crippen LogP contribution in [0, 0.1) is 13.8 Å². The second-order valence-electron chi connectivity index (χ2n) is 7.30. The van der Waals surface area contributed by atoms with E-state index >= 15 is 0 Å². The smallest absolute Gasteiger partial charge is 0.253 e. The zero-order chi connectivity index (χ0) is 19.5. The molecule has 0 aliphatic carbocycles. The highest BCUT2D eigenvalue weighted by Gasteiger charge is 2.24. The summed E-state index contributed by atoms with van der Waals surface area (Å²) in [5.74, 6) is 0.971. The summed E-state index contributed by atoms with van der Waals surface area (Å²) in [6.45, 7) is 7.11. The van der Waals surface area contributed by atoms with Crippen LogP contribution in [0.5, 0.6) is 0 Å². The second kappa shape index (κ2) is 8.10. The fourth-order valence-electron chi connectivity index (χ4n) is 3.31. The highest BCUT2D eigenvalue weighted by Crippen LogP contribution is 2.21. The summed E-state index contributed by atoms with van der Waals surface area (Å²) in [5.41, 5.74) is 4.41. The van der Waals surface area contributed by atoms with Gasteiger partial charge in [0.25, 0.3) is 5.91 Å². The van der Waals surface area contributed by atoms with Crippen molar-refractivity contribution in [3.05, 3.63) is 76.6 Å². The highest BCUT2D eigenvalue weighted by atomic mass is 32.1. The number of nitrogens with zero attached hydrogens (tertiary/aromatic N) is 4. The molecule has 1 aromatic heterocycles. The van der Waals surface area contributed by atoms with Crippen molar-refractivity contribution < 1.29 is 4.79 Å². The van der Waals surface area contributed by atoms with Crippen molar-refractivity contribution in [2.24, 2.45) is 0 Å². The van der Waals surface area contributed by atoms with Crippen molar-refractivity contribution in [2.75, 3.05) is 31.1 Å². The number of hydrogen-bond acceptors (Lipinski definition) is 5. The van der Waals surface area contributed by atoms with Gasteiger partial charge in [-0.15, -0.1) is 0 Å². The van der Waals surface area contributed by atoms with E-state index in [0.29, 0.717) is 13.1 Å². The van der Waals surface area contributed by atoms with Crippen LogP contribution in [0.25, 0.3) is 0 Å². The molecular formula is C22H24N4OS. The Balaban J connectivity index is 1.35. The minimum Gasteiger partial charge on any atom is -0.343 e. The van der Waals surface area contributed by atoms with Crippen LogP contribution in [-0.4, -0.2) is 46.3 Å². The fourth-order valence-corrected chi connectivity index (χ4v) is 4.05. The van der Waals surface area contributed by atoms with Crippen molar-refractivity contribution >= 4 is 22.6 Å². The predicted molar refractivity (Wildman–Crippen MR) is 113 cm³/mol. The molecule has 0 spiro atoms. The SMILES string of the molecule is Cc1ccc(Cc2nsc(N3CCN(C(=O)c4ccc(C)cc4)CC3)n2)cc1. The van der Waals surface area contributed by atoms with E-state index in [0.717, 1.165) is 36.0 Å². The molecule has 28 heavy (non-hydrogen) atoms. The maximum absolute atomic E-state index is 12.7. The van der Waals surface area contributed by atoms with Gasteiger partial charge in [-0.3, -0.25) is 4.79 Å². The van der Waals surface area contributed by atoms with Crippen molar-refractivity contribution in [1.29, 1.82) is 0 Å². The number of benzene rings is 2. The normalized spacial score (nSPS) is 14.4. The molecule has 0 unspecified atom stereocenters. The Morgan fingerprint density at radius 2 is 1.54 bits per heavy atom. The molecule has 5 nitrogen and oxygen atoms in total. The van der Waals surface area contributed by atoms with Crippen molar-refractivity contribution in [3.8, 4) is 0 Å². The van der Waals surface area contributed by atoms with Gasteiger partial charge < -0.3 is 9.80 Å². The molecule has 0 bridgehead atoms. The van der Waals surface area contributed by atoms with Crippen molar-refractivity contribution in [3.63, 3.8) is 0 Å². The van der Waals surface area contributed by atoms with Gasteiger partial charge in [-0.25, -0.2) is 4.98 Å². The Labute approximate surface area is 169 Å². The lowest BCUT2D eigenvalue weighted by Gasteiger charge is -2.34. The molecule has 3 aromatic rings. The van der Waals surface area contributed by atoms with Gasteiger partial charge in [0.1, 0.15) is 5.82 Å². The summed E-state index contributed by atoms with van der Waals surface area (Å²) in [4.78, 5) is 21.5. The number of amides is 1. The Kier molecular flexibility index (Phi) is 5.39. The summed E-state index contributed by atoms with van der Waals surface area (Å²) < 4.78 is 4.53. The van der Waals surface area contributed by atoms with Crippen LogP contribution < -0.4 is 4.90 Å². The molecule has 1 amide bonds. The summed E-state index contributed by atoms with van der Waals surface area (Å²) in [5, 5.41) is 0.949. The number of carbonyl (C=O) groups excluding carboxylic acids is 1. The Morgan fingerprint density at radius 3 is 2.18 bits per heavy atom. The number of hydrogen-bond donors (Lipinski definition) is 0. The Morgan fingerprint density at radius 1 is 0.929 bits per heavy atom. The third-order valence-corrected chi connectivity index (χ3v) is 5.89. The molecule has 1 saturated heterocycles. The third kappa shape index (κ3) is 4.22. The predicted octanol–water partition coefficient (Wildman–Crippen LogP) is 3.71. The van der Waals surface area contributed by atoms with E-state index in [-0.39, 0.29) is 5.91 Å². The average molecular weight is 393 g/mol. The van der Waals surface area contributed by atoms with Crippen LogP contribution in [0.4, 0.5) is 5.13 Å². The topological polar surface area (TPSA) is 49.3 Å². The molecule has 0 atom stereocenters. The first-order valence-corrected chi connectivity index (χ1v) is 10.3. The number of anilines is 1. The molecule has 144 valence electrons. The summed E-state index contributed by atoms with van der Waals surface area (Å²) in [6, 6.07) is 16.3. The standard InChI is InChI=1S/C22H24N4OS/c1-16-3-7-18(8-4-16)15-20-23-22(28-24-20)26-13-11-25(12-14-26)21(27)19-9-5-17(2)6-10-19/h3-10H,11-15H2,1-2H3. The first-order valence-electron chi connectivity index (χ1n) is 9.57. The molecule has 0 saturated carbocycles. The van der Waals surface area contributed by atoms with Crippen molar-refractivity contribution in [1.82, 2.24) is 14.3 Å². The molecule has 4 rings (SSSR count). The second-order valence-corrected chi connectivity index (χ2v) is 8.03. The van der Waals surface area contributed by atoms with E-state index in [1.54, 1.807) is 0 Å². The zero-order valence-corrected chi connectivity index (χ0v) is 17.1. The lowest BCUT2D eigenvalue weighted by atomic mass is 10.1. The van der Waals surface area contributed by atoms with E-state index < -0.39 is 0 Å². The van der Waals surface area contributed by atoms with Gasteiger partial charge in [0.05, 0.1) is 0 Å². The minimum absolute atomic E-state index is 0.108. The van der Waals surface area contributed by atoms with E-state index in [1.165, 1.54) is 28.2 Å². The molecule has 6 heteroatoms. The summed E-state index contributed by atoms with van der Waals surface area (Å²) in [6.07, 6.45) is 0.753. The average Bonchev–Trinajstić information content (AvgIpc) is 3.18. The van der Waals surface area contributed by atoms with Gasteiger partial charge in [0, 0.05) is 49.7 Å². The van der Waals surface area contributed by atoms with Crippen LogP contribution in [0.1, 0.15) is 32.9 Å². The largest absolute Gasteiger partial charge is 0.343 e. The van der Waals surface area contributed by atoms with Crippen LogP contribution in [0.3, 0.4) is 0 Å². The van der Waals surface area contributed by atoms with Crippen LogP contribution in [0.15, 0.2) is 48.5 Å². The summed E-state index contributed by atoms with van der Waals surface area (Å²) in [7, 11) is 0. The van der Waals surface area contributed by atoms with Gasteiger partial charge >= 0.3 is 0 Å². The van der Waals surface area contributed by atoms with Crippen LogP contribution in [0.2, 0.25) is 0 Å². The minimum atomic E-state index is 0.108. The van der Waals surface area contributed by atoms with E-state index in [2.05, 4.69) is 40.5 Å². The number of aromatic nitrogens is 2. The monoisotopic (exact) mass is 392 g/mol. The van der Waals surface area contributed by atoms with Crippen LogP contribution >= 0.6 is 11.5 Å². The first kappa shape index (κ1) is 18.6.